The number of nitrogens with zero attached hydrogens (tertiary/aromatic N) is 4. The molecule has 0 amide bonds. The lowest BCUT2D eigenvalue weighted by molar-refractivity contribution is -0.485. The molecule has 130 valence electrons. The Labute approximate surface area is 141 Å². The van der Waals surface area contributed by atoms with E-state index in [-0.39, 0.29) is 5.69 Å². The van der Waals surface area contributed by atoms with E-state index in [9.17, 15) is 20.2 Å². The van der Waals surface area contributed by atoms with Crippen LogP contribution in [0.5, 0.6) is 0 Å². The average molecular weight is 346 g/mol. The molecule has 1 aromatic heterocycles. The van der Waals surface area contributed by atoms with Crippen LogP contribution in [0.25, 0.3) is 11.3 Å². The second kappa shape index (κ2) is 7.21. The van der Waals surface area contributed by atoms with Crippen molar-refractivity contribution in [3.05, 3.63) is 61.4 Å². The molecule has 3 N–H and O–H groups in total. The zero-order chi connectivity index (χ0) is 18.6. The molecule has 1 aromatic carbocycles. The van der Waals surface area contributed by atoms with Crippen LogP contribution in [-0.2, 0) is 0 Å². The number of hydrazone groups is 2. The highest BCUT2D eigenvalue weighted by atomic mass is 16.7. The molecule has 0 aliphatic carbocycles. The van der Waals surface area contributed by atoms with Gasteiger partial charge in [0, 0.05) is 17.2 Å². The van der Waals surface area contributed by atoms with Crippen LogP contribution in [0.1, 0.15) is 16.9 Å². The van der Waals surface area contributed by atoms with E-state index < -0.39 is 15.9 Å². The van der Waals surface area contributed by atoms with Gasteiger partial charge in [0.15, 0.2) is 5.03 Å². The van der Waals surface area contributed by atoms with E-state index in [1.807, 2.05) is 6.92 Å². The number of nitrogens with one attached hydrogen (secondary N) is 1. The van der Waals surface area contributed by atoms with E-state index in [0.29, 0.717) is 22.6 Å². The van der Waals surface area contributed by atoms with Crippen molar-refractivity contribution in [3.63, 3.8) is 0 Å². The Bertz CT molecular complexity index is 886. The second-order valence-corrected chi connectivity index (χ2v) is 5.01. The predicted octanol–water partition coefficient (Wildman–Crippen LogP) is 1.90. The average Bonchev–Trinajstić information content (AvgIpc) is 2.94. The van der Waals surface area contributed by atoms with Gasteiger partial charge in [-0.2, -0.15) is 5.10 Å². The highest BCUT2D eigenvalue weighted by Crippen LogP contribution is 2.31. The van der Waals surface area contributed by atoms with Gasteiger partial charge >= 0.3 is 0 Å². The van der Waals surface area contributed by atoms with Crippen LogP contribution in [0.15, 0.2) is 38.9 Å². The van der Waals surface area contributed by atoms with Gasteiger partial charge in [-0.25, -0.2) is 15.5 Å². The summed E-state index contributed by atoms with van der Waals surface area (Å²) >= 11 is 0. The molecule has 11 nitrogen and oxygen atoms in total. The number of rotatable bonds is 5. The van der Waals surface area contributed by atoms with Crippen LogP contribution >= 0.6 is 0 Å². The normalized spacial score (nSPS) is 11.7. The number of hydrogen-bond donors (Lipinski definition) is 2. The summed E-state index contributed by atoms with van der Waals surface area (Å²) in [4.78, 5) is 20.7. The summed E-state index contributed by atoms with van der Waals surface area (Å²) < 4.78 is 5.56. The van der Waals surface area contributed by atoms with Crippen molar-refractivity contribution >= 4 is 17.9 Å². The van der Waals surface area contributed by atoms with Crippen LogP contribution in [0.3, 0.4) is 0 Å². The molecule has 0 aliphatic rings. The maximum absolute atomic E-state index is 11.1. The van der Waals surface area contributed by atoms with Gasteiger partial charge < -0.3 is 10.2 Å². The monoisotopic (exact) mass is 346 g/mol. The summed E-state index contributed by atoms with van der Waals surface area (Å²) in [5, 5.41) is 26.7. The van der Waals surface area contributed by atoms with Crippen molar-refractivity contribution in [2.24, 2.45) is 15.9 Å². The highest BCUT2D eigenvalue weighted by Gasteiger charge is 2.16. The van der Waals surface area contributed by atoms with E-state index in [1.165, 1.54) is 12.3 Å². The zero-order valence-electron chi connectivity index (χ0n) is 13.3. The molecule has 0 radical (unpaired) electrons. The molecule has 1 heterocycles. The summed E-state index contributed by atoms with van der Waals surface area (Å²) in [6.07, 6.45) is 1.24. The molecular weight excluding hydrogens is 332 g/mol. The first-order valence-electron chi connectivity index (χ1n) is 6.91. The number of nitrogens with two attached hydrogens (primary N) is 1. The van der Waals surface area contributed by atoms with Crippen molar-refractivity contribution in [2.45, 2.75) is 13.8 Å². The molecule has 0 saturated heterocycles. The van der Waals surface area contributed by atoms with E-state index in [0.717, 1.165) is 5.56 Å². The van der Waals surface area contributed by atoms with Crippen LogP contribution in [-0.4, -0.2) is 22.1 Å². The number of guanidine groups is 1. The third-order valence-corrected chi connectivity index (χ3v) is 3.19. The zero-order valence-corrected chi connectivity index (χ0v) is 13.3. The molecule has 0 unspecified atom stereocenters. The van der Waals surface area contributed by atoms with Gasteiger partial charge in [0.1, 0.15) is 16.6 Å². The number of nitro benzene ring substituents is 1. The fraction of sp³-hybridized carbons (Fsp3) is 0.143. The first-order valence-corrected chi connectivity index (χ1v) is 6.91. The number of aryl methyl sites for hydroxylation is 2. The number of nitro groups is 2. The Kier molecular flexibility index (Phi) is 5.07. The fourth-order valence-electron chi connectivity index (χ4n) is 2.14. The molecule has 0 atom stereocenters. The molecule has 2 rings (SSSR count). The lowest BCUT2D eigenvalue weighted by atomic mass is 10.0. The van der Waals surface area contributed by atoms with E-state index in [2.05, 4.69) is 15.6 Å². The van der Waals surface area contributed by atoms with Crippen LogP contribution in [0.4, 0.5) is 5.69 Å². The summed E-state index contributed by atoms with van der Waals surface area (Å²) in [6, 6.07) is 6.38. The summed E-state index contributed by atoms with van der Waals surface area (Å²) in [6.45, 7) is 3.48. The van der Waals surface area contributed by atoms with Gasteiger partial charge in [-0.05, 0) is 37.6 Å². The molecule has 0 fully saturated rings. The van der Waals surface area contributed by atoms with Crippen molar-refractivity contribution in [1.82, 2.24) is 5.43 Å². The lowest BCUT2D eigenvalue weighted by Gasteiger charge is -2.05. The lowest BCUT2D eigenvalue weighted by Crippen LogP contribution is -2.28. The first-order chi connectivity index (χ1) is 11.8. The summed E-state index contributed by atoms with van der Waals surface area (Å²) in [7, 11) is 0. The first kappa shape index (κ1) is 17.6. The van der Waals surface area contributed by atoms with Crippen molar-refractivity contribution in [3.8, 4) is 11.3 Å². The van der Waals surface area contributed by atoms with Crippen LogP contribution < -0.4 is 11.2 Å². The Morgan fingerprint density at radius 1 is 1.24 bits per heavy atom. The topological polar surface area (TPSA) is 162 Å². The Balaban J connectivity index is 2.23. The van der Waals surface area contributed by atoms with Crippen LogP contribution in [0, 0.1) is 34.1 Å². The maximum Gasteiger partial charge on any atom is 0.286 e. The van der Waals surface area contributed by atoms with Gasteiger partial charge in [0.2, 0.25) is 0 Å². The highest BCUT2D eigenvalue weighted by molar-refractivity contribution is 5.81. The molecular formula is C14H14N6O5. The van der Waals surface area contributed by atoms with E-state index in [1.54, 1.807) is 25.1 Å². The van der Waals surface area contributed by atoms with Gasteiger partial charge in [-0.15, -0.1) is 0 Å². The second-order valence-electron chi connectivity index (χ2n) is 5.01. The standard InChI is InChI=1S/C14H14N6O5/c1-8-5-9(2)12(19(21)22)6-11(8)13-4-3-10(25-13)7-16-17-14(15)18-20(23)24/h3-7H,1-2H3,(H3,15,17,18)/b16-7-. The van der Waals surface area contributed by atoms with Crippen molar-refractivity contribution in [1.29, 1.82) is 0 Å². The van der Waals surface area contributed by atoms with Crippen molar-refractivity contribution in [2.75, 3.05) is 0 Å². The molecule has 0 bridgehead atoms. The van der Waals surface area contributed by atoms with E-state index >= 15 is 0 Å². The fourth-order valence-corrected chi connectivity index (χ4v) is 2.14. The summed E-state index contributed by atoms with van der Waals surface area (Å²) in [5.74, 6) is 0.256. The van der Waals surface area contributed by atoms with Gasteiger partial charge in [-0.3, -0.25) is 10.1 Å². The van der Waals surface area contributed by atoms with Gasteiger partial charge in [0.25, 0.3) is 11.6 Å². The largest absolute Gasteiger partial charge is 0.455 e. The Hall–Kier alpha value is -3.76. The molecule has 2 aromatic rings. The Morgan fingerprint density at radius 3 is 2.60 bits per heavy atom. The van der Waals surface area contributed by atoms with Gasteiger partial charge in [-0.1, -0.05) is 0 Å². The minimum atomic E-state index is -0.962. The smallest absolute Gasteiger partial charge is 0.286 e. The van der Waals surface area contributed by atoms with Crippen molar-refractivity contribution < 1.29 is 14.4 Å². The number of furan rings is 1. The third kappa shape index (κ3) is 4.37. The molecule has 25 heavy (non-hydrogen) atoms. The minimum absolute atomic E-state index is 0.00218. The minimum Gasteiger partial charge on any atom is -0.455 e. The van der Waals surface area contributed by atoms with E-state index in [4.69, 9.17) is 10.2 Å². The molecule has 11 heteroatoms. The number of benzene rings is 1. The number of hydrogen-bond acceptors (Lipinski definition) is 6. The quantitative estimate of drug-likeness (QED) is 0.361. The maximum atomic E-state index is 11.1. The summed E-state index contributed by atoms with van der Waals surface area (Å²) in [5.41, 5.74) is 9.32. The Morgan fingerprint density at radius 2 is 1.96 bits per heavy atom. The molecule has 0 aliphatic heterocycles. The molecule has 0 spiro atoms. The van der Waals surface area contributed by atoms with Gasteiger partial charge in [0.05, 0.1) is 11.1 Å². The third-order valence-electron chi connectivity index (χ3n) is 3.19. The van der Waals surface area contributed by atoms with Crippen LogP contribution in [0.2, 0.25) is 0 Å². The SMILES string of the molecule is Cc1cc(C)c([N+](=O)[O-])cc1-c1ccc(/C=N\N/C(N)=N/[N+](=O)[O-])o1. The predicted molar refractivity (Wildman–Crippen MR) is 89.6 cm³/mol. The molecule has 0 saturated carbocycles.